The van der Waals surface area contributed by atoms with Gasteiger partial charge in [-0.3, -0.25) is 4.99 Å². The largest absolute Gasteiger partial charge is 0.872 e. The third-order valence-corrected chi connectivity index (χ3v) is 6.76. The predicted octanol–water partition coefficient (Wildman–Crippen LogP) is 9.36. The number of aliphatic imine (C=N–C) groups is 1. The van der Waals surface area contributed by atoms with E-state index in [1.54, 1.807) is 6.21 Å². The van der Waals surface area contributed by atoms with E-state index in [4.69, 9.17) is 4.99 Å². The van der Waals surface area contributed by atoms with Gasteiger partial charge in [0.2, 0.25) is 0 Å². The van der Waals surface area contributed by atoms with Crippen molar-refractivity contribution in [3.8, 4) is 16.9 Å². The van der Waals surface area contributed by atoms with Crippen LogP contribution in [0, 0.1) is 0 Å². The summed E-state index contributed by atoms with van der Waals surface area (Å²) in [6.45, 7) is 8.74. The minimum atomic E-state index is 0. The van der Waals surface area contributed by atoms with Gasteiger partial charge in [-0.25, -0.2) is 0 Å². The summed E-state index contributed by atoms with van der Waals surface area (Å²) in [6, 6.07) is 30.9. The Balaban J connectivity index is 0.00000190. The second kappa shape index (κ2) is 11.8. The maximum absolute atomic E-state index is 13.8. The molecule has 0 amide bonds. The molecule has 0 aromatic heterocycles. The second-order valence-electron chi connectivity index (χ2n) is 9.77. The minimum absolute atomic E-state index is 0. The number of para-hydroxylation sites is 2. The molecule has 5 aromatic carbocycles. The van der Waals surface area contributed by atoms with Crippen molar-refractivity contribution >= 4 is 33.4 Å². The van der Waals surface area contributed by atoms with Crippen molar-refractivity contribution in [2.24, 2.45) is 4.99 Å². The van der Waals surface area contributed by atoms with Crippen LogP contribution in [-0.2, 0) is 16.5 Å². The molecular formula is C34H34NNiO-. The van der Waals surface area contributed by atoms with Gasteiger partial charge in [0, 0.05) is 22.7 Å². The predicted molar refractivity (Wildman–Crippen MR) is 155 cm³/mol. The van der Waals surface area contributed by atoms with Crippen LogP contribution in [0.15, 0.2) is 96.0 Å². The first-order valence-corrected chi connectivity index (χ1v) is 12.3. The van der Waals surface area contributed by atoms with Crippen molar-refractivity contribution in [2.45, 2.75) is 47.0 Å². The third-order valence-electron chi connectivity index (χ3n) is 6.76. The first-order valence-electron chi connectivity index (χ1n) is 12.3. The van der Waals surface area contributed by atoms with Gasteiger partial charge >= 0.3 is 0 Å². The zero-order valence-electron chi connectivity index (χ0n) is 21.1. The Labute approximate surface area is 231 Å². The molecule has 0 unspecified atom stereocenters. The van der Waals surface area contributed by atoms with Gasteiger partial charge in [-0.1, -0.05) is 126 Å². The van der Waals surface area contributed by atoms with Gasteiger partial charge in [0.25, 0.3) is 0 Å². The topological polar surface area (TPSA) is 35.4 Å². The van der Waals surface area contributed by atoms with E-state index in [0.29, 0.717) is 23.0 Å². The molecule has 0 fully saturated rings. The second-order valence-corrected chi connectivity index (χ2v) is 9.77. The van der Waals surface area contributed by atoms with Gasteiger partial charge in [-0.2, -0.15) is 0 Å². The maximum atomic E-state index is 13.8. The van der Waals surface area contributed by atoms with E-state index in [0.717, 1.165) is 32.8 Å². The van der Waals surface area contributed by atoms with E-state index < -0.39 is 0 Å². The molecular weight excluding hydrogens is 497 g/mol. The van der Waals surface area contributed by atoms with Crippen molar-refractivity contribution in [1.29, 1.82) is 0 Å². The zero-order chi connectivity index (χ0) is 24.5. The van der Waals surface area contributed by atoms with Gasteiger partial charge in [0.15, 0.2) is 0 Å². The van der Waals surface area contributed by atoms with Crippen LogP contribution in [0.1, 0.15) is 63.6 Å². The number of benzene rings is 5. The molecule has 0 spiro atoms. The van der Waals surface area contributed by atoms with Crippen LogP contribution in [0.4, 0.5) is 5.69 Å². The van der Waals surface area contributed by atoms with Crippen LogP contribution in [0.2, 0.25) is 0 Å². The monoisotopic (exact) mass is 530 g/mol. The molecule has 0 saturated heterocycles. The standard InChI is InChI=1S/C33H31NO.CH4.Ni/c1-21(2)26-16-10-17-27(22(3)4)32(26)34-20-25-13-9-18-30(33(25)35)31-28-14-7-5-11-23(28)19-24-12-6-8-15-29(24)31;;/h5-22,35H,1-4H3;1H4;/p-1. The van der Waals surface area contributed by atoms with Crippen molar-refractivity contribution in [3.05, 3.63) is 108 Å². The Morgan fingerprint density at radius 3 is 1.73 bits per heavy atom. The average molecular weight is 531 g/mol. The van der Waals surface area contributed by atoms with E-state index in [-0.39, 0.29) is 29.7 Å². The first-order chi connectivity index (χ1) is 17.0. The third kappa shape index (κ3) is 5.33. The van der Waals surface area contributed by atoms with Crippen LogP contribution < -0.4 is 5.11 Å². The Morgan fingerprint density at radius 1 is 0.676 bits per heavy atom. The number of rotatable bonds is 5. The van der Waals surface area contributed by atoms with Crippen molar-refractivity contribution in [3.63, 3.8) is 0 Å². The molecule has 0 aliphatic rings. The van der Waals surface area contributed by atoms with E-state index in [9.17, 15) is 5.11 Å². The Bertz CT molecular complexity index is 1490. The molecule has 0 radical (unpaired) electrons. The van der Waals surface area contributed by atoms with E-state index >= 15 is 0 Å². The summed E-state index contributed by atoms with van der Waals surface area (Å²) in [7, 11) is 0. The van der Waals surface area contributed by atoms with E-state index in [2.05, 4.69) is 76.2 Å². The zero-order valence-corrected chi connectivity index (χ0v) is 22.1. The molecule has 3 heteroatoms. The molecule has 37 heavy (non-hydrogen) atoms. The first kappa shape index (κ1) is 28.2. The molecule has 5 rings (SSSR count). The fourth-order valence-electron chi connectivity index (χ4n) is 4.95. The summed E-state index contributed by atoms with van der Waals surface area (Å²) in [5.41, 5.74) is 5.70. The fourth-order valence-corrected chi connectivity index (χ4v) is 4.95. The van der Waals surface area contributed by atoms with Crippen molar-refractivity contribution in [2.75, 3.05) is 0 Å². The van der Waals surface area contributed by atoms with Gasteiger partial charge in [-0.15, -0.1) is 0 Å². The molecule has 0 bridgehead atoms. The van der Waals surface area contributed by atoms with Gasteiger partial charge < -0.3 is 5.11 Å². The number of fused-ring (bicyclic) bond motifs is 2. The van der Waals surface area contributed by atoms with Gasteiger partial charge in [-0.05, 0) is 67.3 Å². The summed E-state index contributed by atoms with van der Waals surface area (Å²) in [6.07, 6.45) is 1.76. The number of nitrogens with zero attached hydrogens (tertiary/aromatic N) is 1. The SMILES string of the molecule is C.CC(C)c1cccc(C(C)C)c1N=Cc1cccc(-c2c3ccccc3cc3ccccc23)c1[O-].[Ni]. The summed E-state index contributed by atoms with van der Waals surface area (Å²) < 4.78 is 0. The van der Waals surface area contributed by atoms with Crippen molar-refractivity contribution < 1.29 is 21.6 Å². The Kier molecular flexibility index (Phi) is 8.95. The maximum Gasteiger partial charge on any atom is 0.0699 e. The van der Waals surface area contributed by atoms with Crippen LogP contribution >= 0.6 is 0 Å². The molecule has 5 aromatic rings. The fraction of sp³-hybridized carbons (Fsp3) is 0.206. The van der Waals surface area contributed by atoms with E-state index in [1.807, 2.05) is 42.5 Å². The molecule has 2 nitrogen and oxygen atoms in total. The van der Waals surface area contributed by atoms with E-state index in [1.165, 1.54) is 11.1 Å². The van der Waals surface area contributed by atoms with Crippen LogP contribution in [0.3, 0.4) is 0 Å². The quantitative estimate of drug-likeness (QED) is 0.126. The summed E-state index contributed by atoms with van der Waals surface area (Å²) >= 11 is 0. The summed E-state index contributed by atoms with van der Waals surface area (Å²) in [4.78, 5) is 4.91. The summed E-state index contributed by atoms with van der Waals surface area (Å²) in [5.74, 6) is 0.702. The van der Waals surface area contributed by atoms with Gasteiger partial charge in [0.1, 0.15) is 0 Å². The minimum Gasteiger partial charge on any atom is -0.872 e. The molecule has 0 atom stereocenters. The normalized spacial score (nSPS) is 11.3. The van der Waals surface area contributed by atoms with Gasteiger partial charge in [0.05, 0.1) is 5.69 Å². The Morgan fingerprint density at radius 2 is 1.19 bits per heavy atom. The molecule has 0 N–H and O–H groups in total. The van der Waals surface area contributed by atoms with Crippen LogP contribution in [0.5, 0.6) is 5.75 Å². The van der Waals surface area contributed by atoms with Crippen LogP contribution in [0.25, 0.3) is 32.7 Å². The molecule has 192 valence electrons. The molecule has 0 heterocycles. The average Bonchev–Trinajstić information content (AvgIpc) is 2.86. The number of hydrogen-bond donors (Lipinski definition) is 0. The molecule has 0 aliphatic carbocycles. The smallest absolute Gasteiger partial charge is 0.0699 e. The Hall–Kier alpha value is -3.42. The van der Waals surface area contributed by atoms with Crippen molar-refractivity contribution in [1.82, 2.24) is 0 Å². The molecule has 0 saturated carbocycles. The molecule has 0 aliphatic heterocycles. The summed E-state index contributed by atoms with van der Waals surface area (Å²) in [5, 5.41) is 18.3. The number of hydrogen-bond acceptors (Lipinski definition) is 2. The van der Waals surface area contributed by atoms with Crippen LogP contribution in [-0.4, -0.2) is 6.21 Å².